The van der Waals surface area contributed by atoms with Crippen molar-refractivity contribution in [3.8, 4) is 5.75 Å². The molecule has 3 fully saturated rings. The van der Waals surface area contributed by atoms with E-state index in [1.807, 2.05) is 93.6 Å². The van der Waals surface area contributed by atoms with Crippen molar-refractivity contribution in [2.45, 2.75) is 211 Å². The second kappa shape index (κ2) is 31.6. The number of hydrogen-bond donors (Lipinski definition) is 1. The van der Waals surface area contributed by atoms with Gasteiger partial charge in [0.25, 0.3) is 0 Å². The molecule has 0 saturated carbocycles. The van der Waals surface area contributed by atoms with Gasteiger partial charge in [0.15, 0.2) is 14.4 Å². The Bertz CT molecular complexity index is 2460. The Hall–Kier alpha value is -5.01. The number of methoxy groups -OCH3 is 3. The Morgan fingerprint density at radius 2 is 1.48 bits per heavy atom. The molecule has 10 atom stereocenters. The number of aliphatic carboxylic acids is 1. The van der Waals surface area contributed by atoms with Gasteiger partial charge in [-0.15, -0.1) is 0 Å². The van der Waals surface area contributed by atoms with E-state index in [1.54, 1.807) is 19.3 Å². The third kappa shape index (κ3) is 20.7. The Labute approximate surface area is 484 Å². The van der Waals surface area contributed by atoms with E-state index < -0.39 is 74.1 Å². The number of hydrogen-bond acceptors (Lipinski definition) is 14. The van der Waals surface area contributed by atoms with Crippen LogP contribution in [-0.2, 0) is 74.7 Å². The van der Waals surface area contributed by atoms with Gasteiger partial charge >= 0.3 is 17.9 Å². The third-order valence-electron chi connectivity index (χ3n) is 15.8. The van der Waals surface area contributed by atoms with E-state index in [2.05, 4.69) is 53.9 Å². The Balaban J connectivity index is 1.42. The second-order valence-corrected chi connectivity index (χ2v) is 28.6. The van der Waals surface area contributed by atoms with Crippen molar-refractivity contribution in [2.24, 2.45) is 5.41 Å². The minimum atomic E-state index is -2.45. The van der Waals surface area contributed by atoms with Crippen LogP contribution < -0.4 is 4.74 Å². The largest absolute Gasteiger partial charge is 0.497 e. The maximum atomic E-state index is 13.9. The highest BCUT2D eigenvalue weighted by molar-refractivity contribution is 6.74. The first-order valence-corrected chi connectivity index (χ1v) is 31.6. The summed E-state index contributed by atoms with van der Waals surface area (Å²) in [4.78, 5) is 39.3. The zero-order valence-corrected chi connectivity index (χ0v) is 51.4. The summed E-state index contributed by atoms with van der Waals surface area (Å²) in [6.07, 6.45) is 13.0. The van der Waals surface area contributed by atoms with Crippen LogP contribution in [0.25, 0.3) is 0 Å². The fourth-order valence-corrected chi connectivity index (χ4v) is 11.7. The van der Waals surface area contributed by atoms with Crippen LogP contribution in [0.15, 0.2) is 127 Å². The van der Waals surface area contributed by atoms with Gasteiger partial charge in [-0.2, -0.15) is 0 Å². The molecular formula is C65H94O15Si. The number of rotatable bonds is 30. The molecule has 0 aromatic heterocycles. The normalized spacial score (nSPS) is 24.9. The van der Waals surface area contributed by atoms with Crippen LogP contribution in [0.3, 0.4) is 0 Å². The van der Waals surface area contributed by atoms with Crippen molar-refractivity contribution in [3.05, 3.63) is 138 Å². The maximum absolute atomic E-state index is 13.9. The standard InChI is InChI=1S/C65H94O15Si/c1-15-16-17-18-22-25-60(68)78-62-50(37-61(69)71-11)36-57(40-58(80-81(13,14)63(5,6)7)47(4)75-44-73-42-48-23-20-19-21-24-48)79-65(62,72-12)64(8,9)31-30-52-32-45(2)33-55(76-52)39-56-35-46(3)34-54(77-56)38-53(41-59(66)67)74-43-49-26-28-51(70-10)29-27-49/h17-31,37,47,52-58,62H,2-3,15-16,32-36,38-44H2,1,4-14H3,(H,66,67)/t47-,52+,53-,54+,55+,56-,57+,58-,62+,65-/m1/s1. The molecule has 3 aliphatic rings. The predicted molar refractivity (Wildman–Crippen MR) is 316 cm³/mol. The van der Waals surface area contributed by atoms with Gasteiger partial charge in [-0.05, 0) is 92.4 Å². The number of benzene rings is 2. The minimum Gasteiger partial charge on any atom is -0.497 e. The molecule has 2 aromatic rings. The van der Waals surface area contributed by atoms with Gasteiger partial charge in [0.1, 0.15) is 12.5 Å². The predicted octanol–water partition coefficient (Wildman–Crippen LogP) is 13.0. The molecule has 0 aliphatic carbocycles. The monoisotopic (exact) mass is 1140 g/mol. The van der Waals surface area contributed by atoms with Crippen LogP contribution in [0.2, 0.25) is 18.1 Å². The zero-order valence-electron chi connectivity index (χ0n) is 50.4. The first kappa shape index (κ1) is 66.8. The number of allylic oxidation sites excluding steroid dienone is 3. The topological polar surface area (TPSA) is 173 Å². The van der Waals surface area contributed by atoms with E-state index in [9.17, 15) is 19.5 Å². The van der Waals surface area contributed by atoms with Crippen LogP contribution >= 0.6 is 0 Å². The number of ether oxygens (including phenoxy) is 10. The summed E-state index contributed by atoms with van der Waals surface area (Å²) in [5.41, 5.74) is 3.32. The SMILES string of the molecule is C=C1C[C@H](C[C@@H]2CC(=C)C[C@H](C=CC(C)(C)[C@]3(OC)O[C@H](C[C@@H](O[Si](C)(C)C(C)(C)C)[C@@H](C)OCOCc4ccccc4)CC(=CC(=O)OC)[C@@H]3OC(=O)C=CC=CCCC)O2)O[C@H](C[C@H](CC(=O)O)OCc2ccc(OC)cc2)C1. The Morgan fingerprint density at radius 1 is 0.815 bits per heavy atom. The van der Waals surface area contributed by atoms with E-state index in [1.165, 1.54) is 26.4 Å². The van der Waals surface area contributed by atoms with E-state index in [0.717, 1.165) is 40.9 Å². The molecule has 3 aliphatic heterocycles. The molecule has 81 heavy (non-hydrogen) atoms. The quantitative estimate of drug-likeness (QED) is 0.0149. The van der Waals surface area contributed by atoms with E-state index in [4.69, 9.17) is 51.8 Å². The van der Waals surface area contributed by atoms with Gasteiger partial charge in [0.2, 0.25) is 5.79 Å². The molecule has 2 aromatic carbocycles. The number of esters is 2. The smallest absolute Gasteiger partial charge is 0.331 e. The van der Waals surface area contributed by atoms with E-state index in [-0.39, 0.29) is 49.6 Å². The molecule has 0 bridgehead atoms. The van der Waals surface area contributed by atoms with Crippen LogP contribution in [0.5, 0.6) is 5.75 Å². The molecule has 0 radical (unpaired) electrons. The van der Waals surface area contributed by atoms with Gasteiger partial charge in [0, 0.05) is 43.9 Å². The van der Waals surface area contributed by atoms with Crippen LogP contribution in [0.1, 0.15) is 130 Å². The number of carbonyl (C=O) groups is 3. The lowest BCUT2D eigenvalue weighted by Crippen LogP contribution is -2.63. The van der Waals surface area contributed by atoms with Gasteiger partial charge < -0.3 is 56.9 Å². The first-order valence-electron chi connectivity index (χ1n) is 28.7. The summed E-state index contributed by atoms with van der Waals surface area (Å²) in [7, 11) is 1.99. The molecule has 16 heteroatoms. The number of carboxylic acids is 1. The number of carboxylic acid groups (broad SMARTS) is 1. The van der Waals surface area contributed by atoms with Gasteiger partial charge in [-0.1, -0.05) is 145 Å². The van der Waals surface area contributed by atoms with E-state index in [0.29, 0.717) is 57.1 Å². The molecule has 3 heterocycles. The summed E-state index contributed by atoms with van der Waals surface area (Å²) >= 11 is 0. The molecular weight excluding hydrogens is 1050 g/mol. The van der Waals surface area contributed by atoms with Crippen molar-refractivity contribution in [3.63, 3.8) is 0 Å². The van der Waals surface area contributed by atoms with Gasteiger partial charge in [0.05, 0.1) is 82.7 Å². The van der Waals surface area contributed by atoms with Crippen LogP contribution in [0, 0.1) is 5.41 Å². The Kier molecular flexibility index (Phi) is 26.0. The molecule has 0 spiro atoms. The van der Waals surface area contributed by atoms with Crippen molar-refractivity contribution < 1.29 is 71.3 Å². The van der Waals surface area contributed by atoms with Gasteiger partial charge in [-0.25, -0.2) is 9.59 Å². The van der Waals surface area contributed by atoms with Gasteiger partial charge in [-0.3, -0.25) is 4.79 Å². The second-order valence-electron chi connectivity index (χ2n) is 23.9. The summed E-state index contributed by atoms with van der Waals surface area (Å²) < 4.78 is 70.1. The van der Waals surface area contributed by atoms with Crippen LogP contribution in [0.4, 0.5) is 0 Å². The number of carbonyl (C=O) groups excluding carboxylic acids is 2. The highest BCUT2D eigenvalue weighted by atomic mass is 28.4. The molecule has 3 saturated heterocycles. The molecule has 448 valence electrons. The lowest BCUT2D eigenvalue weighted by atomic mass is 9.73. The first-order chi connectivity index (χ1) is 38.4. The summed E-state index contributed by atoms with van der Waals surface area (Å²) in [6, 6.07) is 17.4. The molecule has 0 unspecified atom stereocenters. The van der Waals surface area contributed by atoms with Crippen LogP contribution in [-0.4, -0.2) is 120 Å². The van der Waals surface area contributed by atoms with Crippen molar-refractivity contribution >= 4 is 26.2 Å². The average molecular weight is 1140 g/mol. The summed E-state index contributed by atoms with van der Waals surface area (Å²) in [5, 5.41) is 9.67. The van der Waals surface area contributed by atoms with Crippen molar-refractivity contribution in [2.75, 3.05) is 28.1 Å². The lowest BCUT2D eigenvalue weighted by molar-refractivity contribution is -0.338. The average Bonchev–Trinajstić information content (AvgIpc) is 3.60. The lowest BCUT2D eigenvalue weighted by Gasteiger charge is -2.53. The molecule has 15 nitrogen and oxygen atoms in total. The van der Waals surface area contributed by atoms with E-state index >= 15 is 0 Å². The fraction of sp³-hybridized carbons (Fsp3) is 0.585. The minimum absolute atomic E-state index is 0.0303. The maximum Gasteiger partial charge on any atom is 0.331 e. The molecule has 0 amide bonds. The van der Waals surface area contributed by atoms with Crippen molar-refractivity contribution in [1.82, 2.24) is 0 Å². The highest BCUT2D eigenvalue weighted by Gasteiger charge is 2.59. The molecule has 5 rings (SSSR count). The third-order valence-corrected chi connectivity index (χ3v) is 20.3. The zero-order chi connectivity index (χ0) is 59.4. The summed E-state index contributed by atoms with van der Waals surface area (Å²) in [5.74, 6) is -3.23. The van der Waals surface area contributed by atoms with Crippen molar-refractivity contribution in [1.29, 1.82) is 0 Å². The molecule has 1 N–H and O–H groups in total. The Morgan fingerprint density at radius 3 is 2.12 bits per heavy atom. The highest BCUT2D eigenvalue weighted by Crippen LogP contribution is 2.50. The number of unbranched alkanes of at least 4 members (excludes halogenated alkanes) is 1. The fourth-order valence-electron chi connectivity index (χ4n) is 10.3. The summed E-state index contributed by atoms with van der Waals surface area (Å²) in [6.45, 7) is 28.3.